The molecule has 4 aromatic rings. The number of anilines is 1. The molecule has 2 aliphatic rings. The van der Waals surface area contributed by atoms with Gasteiger partial charge in [-0.05, 0) is 73.0 Å². The maximum absolute atomic E-state index is 13.7. The third-order valence-corrected chi connectivity index (χ3v) is 9.38. The van der Waals surface area contributed by atoms with E-state index in [2.05, 4.69) is 20.3 Å². The molecule has 3 heterocycles. The summed E-state index contributed by atoms with van der Waals surface area (Å²) in [6.45, 7) is 3.10. The Morgan fingerprint density at radius 3 is 2.73 bits per heavy atom. The number of fused-ring (bicyclic) bond motifs is 2. The Bertz CT molecular complexity index is 1690. The van der Waals surface area contributed by atoms with Crippen molar-refractivity contribution in [2.45, 2.75) is 25.0 Å². The van der Waals surface area contributed by atoms with E-state index >= 15 is 0 Å². The van der Waals surface area contributed by atoms with Crippen LogP contribution in [0, 0.1) is 5.82 Å². The quantitative estimate of drug-likeness (QED) is 0.292. The fraction of sp³-hybridized carbons (Fsp3) is 0.333. The molecule has 0 spiro atoms. The Labute approximate surface area is 238 Å². The number of benzene rings is 3. The average Bonchev–Trinajstić information content (AvgIpc) is 3.36. The number of ether oxygens (including phenoxy) is 1. The van der Waals surface area contributed by atoms with E-state index in [-0.39, 0.29) is 17.3 Å². The van der Waals surface area contributed by atoms with Crippen LogP contribution in [0.2, 0.25) is 0 Å². The molecule has 0 radical (unpaired) electrons. The van der Waals surface area contributed by atoms with Crippen molar-refractivity contribution in [3.05, 3.63) is 89.4 Å². The predicted molar refractivity (Wildman–Crippen MR) is 159 cm³/mol. The molecule has 9 nitrogen and oxygen atoms in total. The molecule has 1 unspecified atom stereocenters. The van der Waals surface area contributed by atoms with Crippen LogP contribution in [0.15, 0.2) is 71.9 Å². The number of nitrogens with one attached hydrogen (secondary N) is 1. The van der Waals surface area contributed by atoms with Crippen molar-refractivity contribution < 1.29 is 17.5 Å². The normalized spacial score (nSPS) is 20.0. The van der Waals surface area contributed by atoms with Crippen LogP contribution in [-0.2, 0) is 22.0 Å². The van der Waals surface area contributed by atoms with Crippen molar-refractivity contribution in [2.75, 3.05) is 43.1 Å². The Morgan fingerprint density at radius 2 is 1.90 bits per heavy atom. The van der Waals surface area contributed by atoms with Gasteiger partial charge in [0.2, 0.25) is 0 Å². The number of sulfone groups is 1. The molecule has 0 bridgehead atoms. The maximum atomic E-state index is 13.7. The molecule has 0 saturated carbocycles. The van der Waals surface area contributed by atoms with Crippen molar-refractivity contribution in [3.63, 3.8) is 0 Å². The number of aliphatic imine (C=N–C) groups is 1. The van der Waals surface area contributed by atoms with Crippen molar-refractivity contribution >= 4 is 32.8 Å². The van der Waals surface area contributed by atoms with Crippen LogP contribution in [0.4, 0.5) is 10.1 Å². The maximum Gasteiger partial charge on any atom is 0.163 e. The highest BCUT2D eigenvalue weighted by Crippen LogP contribution is 2.38. The molecule has 41 heavy (non-hydrogen) atoms. The van der Waals surface area contributed by atoms with Gasteiger partial charge in [0.1, 0.15) is 11.6 Å². The molecule has 3 N–H and O–H groups in total. The first-order valence-corrected chi connectivity index (χ1v) is 15.6. The molecule has 214 valence electrons. The Kier molecular flexibility index (Phi) is 7.50. The van der Waals surface area contributed by atoms with E-state index in [4.69, 9.17) is 10.5 Å². The molecule has 1 saturated heterocycles. The number of halogens is 1. The monoisotopic (exact) mass is 576 g/mol. The van der Waals surface area contributed by atoms with E-state index in [1.807, 2.05) is 47.1 Å². The Balaban J connectivity index is 1.13. The van der Waals surface area contributed by atoms with Crippen molar-refractivity contribution in [3.8, 4) is 5.75 Å². The second-order valence-corrected chi connectivity index (χ2v) is 12.9. The molecule has 1 fully saturated rings. The van der Waals surface area contributed by atoms with E-state index in [1.54, 1.807) is 18.6 Å². The molecule has 2 aliphatic heterocycles. The van der Waals surface area contributed by atoms with Gasteiger partial charge >= 0.3 is 0 Å². The van der Waals surface area contributed by atoms with Crippen molar-refractivity contribution in [2.24, 2.45) is 10.7 Å². The summed E-state index contributed by atoms with van der Waals surface area (Å²) in [6, 6.07) is 18.2. The molecule has 6 rings (SSSR count). The number of nitrogens with zero attached hydrogens (tertiary/aromatic N) is 4. The highest BCUT2D eigenvalue weighted by Gasteiger charge is 2.34. The van der Waals surface area contributed by atoms with Gasteiger partial charge in [-0.2, -0.15) is 5.10 Å². The van der Waals surface area contributed by atoms with E-state index in [1.165, 1.54) is 12.1 Å². The number of unbranched alkanes of at least 4 members (excludes halogenated alkanes) is 1. The van der Waals surface area contributed by atoms with Gasteiger partial charge in [-0.1, -0.05) is 18.2 Å². The minimum atomic E-state index is -2.85. The van der Waals surface area contributed by atoms with Gasteiger partial charge in [0.05, 0.1) is 42.7 Å². The molecule has 3 aromatic carbocycles. The minimum absolute atomic E-state index is 0.250. The summed E-state index contributed by atoms with van der Waals surface area (Å²) < 4.78 is 44.8. The summed E-state index contributed by atoms with van der Waals surface area (Å²) in [7, 11) is -2.85. The summed E-state index contributed by atoms with van der Waals surface area (Å²) in [4.78, 5) is 6.85. The Hall–Kier alpha value is -3.80. The van der Waals surface area contributed by atoms with Gasteiger partial charge in [-0.15, -0.1) is 0 Å². The van der Waals surface area contributed by atoms with E-state index < -0.39 is 15.5 Å². The zero-order valence-corrected chi connectivity index (χ0v) is 23.5. The summed E-state index contributed by atoms with van der Waals surface area (Å²) in [6.07, 6.45) is 5.20. The fourth-order valence-electron chi connectivity index (χ4n) is 5.42. The van der Waals surface area contributed by atoms with Crippen LogP contribution in [-0.4, -0.2) is 67.2 Å². The van der Waals surface area contributed by atoms with Gasteiger partial charge in [-0.25, -0.2) is 17.8 Å². The summed E-state index contributed by atoms with van der Waals surface area (Å²) in [5.74, 6) is 0.944. The zero-order chi connectivity index (χ0) is 28.5. The SMILES string of the molecule is NC1(c2ccc3c(cnn3Cc3cccc(F)c3)c2)N=CNc2ccc(OCCCCN3CCS(=O)(=O)CC3)cc21. The molecular weight excluding hydrogens is 543 g/mol. The predicted octanol–water partition coefficient (Wildman–Crippen LogP) is 3.73. The van der Waals surface area contributed by atoms with Crippen LogP contribution >= 0.6 is 0 Å². The van der Waals surface area contributed by atoms with E-state index in [0.29, 0.717) is 32.0 Å². The lowest BCUT2D eigenvalue weighted by molar-refractivity contribution is 0.262. The van der Waals surface area contributed by atoms with Crippen LogP contribution in [0.5, 0.6) is 5.75 Å². The second kappa shape index (κ2) is 11.2. The van der Waals surface area contributed by atoms with E-state index in [0.717, 1.165) is 52.7 Å². The third kappa shape index (κ3) is 5.97. The first kappa shape index (κ1) is 27.4. The number of aromatic nitrogens is 2. The average molecular weight is 577 g/mol. The van der Waals surface area contributed by atoms with Gasteiger partial charge in [-0.3, -0.25) is 10.4 Å². The Morgan fingerprint density at radius 1 is 1.05 bits per heavy atom. The van der Waals surface area contributed by atoms with Crippen molar-refractivity contribution in [1.29, 1.82) is 0 Å². The number of rotatable bonds is 9. The van der Waals surface area contributed by atoms with Crippen molar-refractivity contribution in [1.82, 2.24) is 14.7 Å². The molecule has 1 atom stereocenters. The van der Waals surface area contributed by atoms with Gasteiger partial charge < -0.3 is 15.0 Å². The zero-order valence-electron chi connectivity index (χ0n) is 22.7. The lowest BCUT2D eigenvalue weighted by Crippen LogP contribution is -2.40. The van der Waals surface area contributed by atoms with Gasteiger partial charge in [0, 0.05) is 29.7 Å². The third-order valence-electron chi connectivity index (χ3n) is 7.77. The topological polar surface area (TPSA) is 115 Å². The largest absolute Gasteiger partial charge is 0.494 e. The van der Waals surface area contributed by atoms with Gasteiger partial charge in [0.25, 0.3) is 0 Å². The first-order chi connectivity index (χ1) is 19.8. The minimum Gasteiger partial charge on any atom is -0.494 e. The fourth-order valence-corrected chi connectivity index (χ4v) is 6.69. The standard InChI is InChI=1S/C30H33FN6O3S/c31-25-5-3-4-22(16-25)20-37-29-9-6-24(17-23(29)19-35-37)30(32)27-18-26(7-8-28(27)33-21-34-30)40-13-2-1-10-36-11-14-41(38,39)15-12-36/h3-9,16-19,21H,1-2,10-15,20,32H2,(H,33,34). The van der Waals surface area contributed by atoms with Gasteiger partial charge in [0.15, 0.2) is 15.5 Å². The van der Waals surface area contributed by atoms with Crippen LogP contribution in [0.1, 0.15) is 29.5 Å². The molecule has 0 aliphatic carbocycles. The second-order valence-electron chi connectivity index (χ2n) is 10.6. The lowest BCUT2D eigenvalue weighted by atomic mass is 9.89. The number of nitrogens with two attached hydrogens (primary N) is 1. The first-order valence-electron chi connectivity index (χ1n) is 13.8. The van der Waals surface area contributed by atoms with Crippen LogP contribution in [0.3, 0.4) is 0 Å². The van der Waals surface area contributed by atoms with E-state index in [9.17, 15) is 12.8 Å². The van der Waals surface area contributed by atoms with Crippen LogP contribution in [0.25, 0.3) is 10.9 Å². The summed E-state index contributed by atoms with van der Waals surface area (Å²) >= 11 is 0. The highest BCUT2D eigenvalue weighted by atomic mass is 32.2. The molecule has 1 aromatic heterocycles. The lowest BCUT2D eigenvalue weighted by Gasteiger charge is -2.32. The summed E-state index contributed by atoms with van der Waals surface area (Å²) in [5.41, 5.74) is 10.1. The molecular formula is C30H33FN6O3S. The van der Waals surface area contributed by atoms with Crippen LogP contribution < -0.4 is 15.8 Å². The summed E-state index contributed by atoms with van der Waals surface area (Å²) in [5, 5.41) is 8.62. The smallest absolute Gasteiger partial charge is 0.163 e. The molecule has 11 heteroatoms. The highest BCUT2D eigenvalue weighted by molar-refractivity contribution is 7.91. The molecule has 0 amide bonds. The number of hydrogen-bond donors (Lipinski definition) is 2. The number of hydrogen-bond acceptors (Lipinski definition) is 8.